The first-order chi connectivity index (χ1) is 16.4. The Bertz CT molecular complexity index is 1520. The van der Waals surface area contributed by atoms with Crippen LogP contribution in [0.2, 0.25) is 0 Å². The third-order valence-electron chi connectivity index (χ3n) is 5.54. The highest BCUT2D eigenvalue weighted by molar-refractivity contribution is 8.26. The van der Waals surface area contributed by atoms with Crippen LogP contribution < -0.4 is 10.3 Å². The maximum absolute atomic E-state index is 13.4. The molecule has 7 nitrogen and oxygen atoms in total. The molecule has 4 heterocycles. The van der Waals surface area contributed by atoms with Gasteiger partial charge in [-0.15, -0.1) is 0 Å². The van der Waals surface area contributed by atoms with Crippen molar-refractivity contribution in [2.24, 2.45) is 0 Å². The van der Waals surface area contributed by atoms with Gasteiger partial charge in [0.15, 0.2) is 0 Å². The monoisotopic (exact) mass is 489 g/mol. The summed E-state index contributed by atoms with van der Waals surface area (Å²) in [6, 6.07) is 14.5. The molecule has 1 saturated heterocycles. The third-order valence-corrected chi connectivity index (χ3v) is 6.92. The van der Waals surface area contributed by atoms with Crippen molar-refractivity contribution in [1.82, 2.24) is 14.3 Å². The second-order valence-corrected chi connectivity index (χ2v) is 9.39. The average Bonchev–Trinajstić information content (AvgIpc) is 3.43. The predicted octanol–water partition coefficient (Wildman–Crippen LogP) is 5.10. The van der Waals surface area contributed by atoms with Gasteiger partial charge in [-0.3, -0.25) is 18.9 Å². The highest BCUT2D eigenvalue weighted by Crippen LogP contribution is 2.35. The van der Waals surface area contributed by atoms with E-state index in [1.165, 1.54) is 15.4 Å². The van der Waals surface area contributed by atoms with E-state index in [1.807, 2.05) is 32.0 Å². The summed E-state index contributed by atoms with van der Waals surface area (Å²) in [7, 11) is 0. The standard InChI is InChI=1S/C25H19N3O4S2/c1-15-7-5-9-19(16(15)2)32-22-18(23(29)27-11-4-3-10-21(27)26-22)13-20-24(30)28(25(33)34-20)14-17-8-6-12-31-17/h3-13H,14H2,1-2H3/b20-13+. The van der Waals surface area contributed by atoms with E-state index in [0.29, 0.717) is 26.4 Å². The lowest BCUT2D eigenvalue weighted by Crippen LogP contribution is -2.27. The Balaban J connectivity index is 1.60. The molecule has 4 aromatic rings. The van der Waals surface area contributed by atoms with Crippen molar-refractivity contribution in [1.29, 1.82) is 0 Å². The molecule has 0 radical (unpaired) electrons. The van der Waals surface area contributed by atoms with Gasteiger partial charge in [-0.05, 0) is 61.4 Å². The Hall–Kier alpha value is -3.69. The van der Waals surface area contributed by atoms with E-state index >= 15 is 0 Å². The molecular weight excluding hydrogens is 470 g/mol. The first-order valence-electron chi connectivity index (χ1n) is 10.5. The van der Waals surface area contributed by atoms with E-state index in [-0.39, 0.29) is 29.5 Å². The third kappa shape index (κ3) is 4.04. The van der Waals surface area contributed by atoms with Crippen molar-refractivity contribution in [3.05, 3.63) is 98.7 Å². The molecule has 0 unspecified atom stereocenters. The number of hydrogen-bond donors (Lipinski definition) is 0. The summed E-state index contributed by atoms with van der Waals surface area (Å²) >= 11 is 6.55. The minimum atomic E-state index is -0.345. The fraction of sp³-hybridized carbons (Fsp3) is 0.120. The van der Waals surface area contributed by atoms with Gasteiger partial charge in [0.05, 0.1) is 17.7 Å². The van der Waals surface area contributed by atoms with E-state index < -0.39 is 0 Å². The summed E-state index contributed by atoms with van der Waals surface area (Å²) in [5.74, 6) is 1.03. The Morgan fingerprint density at radius 2 is 1.97 bits per heavy atom. The lowest BCUT2D eigenvalue weighted by molar-refractivity contribution is -0.122. The zero-order chi connectivity index (χ0) is 23.8. The number of carbonyl (C=O) groups excluding carboxylic acids is 1. The topological polar surface area (TPSA) is 77.1 Å². The Kier molecular flexibility index (Phi) is 5.80. The van der Waals surface area contributed by atoms with Gasteiger partial charge in [-0.2, -0.15) is 4.98 Å². The minimum Gasteiger partial charge on any atom is -0.467 e. The maximum Gasteiger partial charge on any atom is 0.269 e. The zero-order valence-electron chi connectivity index (χ0n) is 18.3. The molecule has 0 saturated carbocycles. The van der Waals surface area contributed by atoms with Gasteiger partial charge in [0.25, 0.3) is 11.5 Å². The van der Waals surface area contributed by atoms with Crippen molar-refractivity contribution in [3.63, 3.8) is 0 Å². The molecule has 3 aromatic heterocycles. The molecule has 1 aliphatic heterocycles. The minimum absolute atomic E-state index is 0.126. The number of benzene rings is 1. The van der Waals surface area contributed by atoms with Crippen LogP contribution in [0, 0.1) is 13.8 Å². The van der Waals surface area contributed by atoms with Crippen molar-refractivity contribution in [2.75, 3.05) is 0 Å². The molecular formula is C25H19N3O4S2. The van der Waals surface area contributed by atoms with Crippen molar-refractivity contribution in [3.8, 4) is 11.6 Å². The number of hydrogen-bond acceptors (Lipinski definition) is 7. The first kappa shape index (κ1) is 22.1. The van der Waals surface area contributed by atoms with Crippen molar-refractivity contribution >= 4 is 45.9 Å². The molecule has 0 spiro atoms. The largest absolute Gasteiger partial charge is 0.467 e. The van der Waals surface area contributed by atoms with Gasteiger partial charge in [0.2, 0.25) is 5.88 Å². The summed E-state index contributed by atoms with van der Waals surface area (Å²) < 4.78 is 13.3. The molecule has 34 heavy (non-hydrogen) atoms. The number of thioether (sulfide) groups is 1. The van der Waals surface area contributed by atoms with Crippen LogP contribution in [0.4, 0.5) is 0 Å². The SMILES string of the molecule is Cc1cccc(Oc2nc3ccccn3c(=O)c2/C=C2/SC(=S)N(Cc3ccco3)C2=O)c1C. The van der Waals surface area contributed by atoms with Gasteiger partial charge in [0, 0.05) is 6.20 Å². The van der Waals surface area contributed by atoms with Crippen LogP contribution in [-0.4, -0.2) is 24.5 Å². The number of aryl methyl sites for hydroxylation is 1. The van der Waals surface area contributed by atoms with E-state index in [9.17, 15) is 9.59 Å². The quantitative estimate of drug-likeness (QED) is 0.285. The number of amides is 1. The number of rotatable bonds is 5. The van der Waals surface area contributed by atoms with Crippen LogP contribution in [0.25, 0.3) is 11.7 Å². The predicted molar refractivity (Wildman–Crippen MR) is 135 cm³/mol. The van der Waals surface area contributed by atoms with Crippen molar-refractivity contribution in [2.45, 2.75) is 20.4 Å². The Morgan fingerprint density at radius 3 is 2.76 bits per heavy atom. The molecule has 0 bridgehead atoms. The number of furan rings is 1. The van der Waals surface area contributed by atoms with Gasteiger partial charge in [-0.25, -0.2) is 0 Å². The normalized spacial score (nSPS) is 15.0. The van der Waals surface area contributed by atoms with Crippen molar-refractivity contribution < 1.29 is 13.9 Å². The molecule has 1 aromatic carbocycles. The summed E-state index contributed by atoms with van der Waals surface area (Å²) in [4.78, 5) is 32.9. The number of carbonyl (C=O) groups is 1. The van der Waals surface area contributed by atoms with Gasteiger partial charge in [0.1, 0.15) is 27.0 Å². The van der Waals surface area contributed by atoms with E-state index in [2.05, 4.69) is 4.98 Å². The maximum atomic E-state index is 13.4. The number of nitrogens with zero attached hydrogens (tertiary/aromatic N) is 3. The Morgan fingerprint density at radius 1 is 1.12 bits per heavy atom. The molecule has 0 N–H and O–H groups in total. The second-order valence-electron chi connectivity index (χ2n) is 7.71. The van der Waals surface area contributed by atoms with Crippen LogP contribution in [0.1, 0.15) is 22.5 Å². The summed E-state index contributed by atoms with van der Waals surface area (Å²) in [6.45, 7) is 4.14. The number of pyridine rings is 1. The number of aromatic nitrogens is 2. The number of thiocarbonyl (C=S) groups is 1. The number of ether oxygens (including phenoxy) is 1. The smallest absolute Gasteiger partial charge is 0.269 e. The van der Waals surface area contributed by atoms with Gasteiger partial charge < -0.3 is 9.15 Å². The zero-order valence-corrected chi connectivity index (χ0v) is 20.0. The van der Waals surface area contributed by atoms with Gasteiger partial charge >= 0.3 is 0 Å². The molecule has 0 atom stereocenters. The van der Waals surface area contributed by atoms with Crippen LogP contribution in [0.15, 0.2) is 75.1 Å². The van der Waals surface area contributed by atoms with Crippen LogP contribution >= 0.6 is 24.0 Å². The van der Waals surface area contributed by atoms with E-state index in [1.54, 1.807) is 42.8 Å². The molecule has 9 heteroatoms. The first-order valence-corrected chi connectivity index (χ1v) is 11.7. The molecule has 5 rings (SSSR count). The van der Waals surface area contributed by atoms with Gasteiger partial charge in [-0.1, -0.05) is 42.2 Å². The molecule has 1 fully saturated rings. The van der Waals surface area contributed by atoms with Crippen LogP contribution in [0.5, 0.6) is 11.6 Å². The highest BCUT2D eigenvalue weighted by Gasteiger charge is 2.33. The van der Waals surface area contributed by atoms with E-state index in [0.717, 1.165) is 22.9 Å². The average molecular weight is 490 g/mol. The molecule has 0 aliphatic carbocycles. The number of fused-ring (bicyclic) bond motifs is 1. The summed E-state index contributed by atoms with van der Waals surface area (Å²) in [5.41, 5.74) is 2.25. The Labute approximate surface area is 204 Å². The lowest BCUT2D eigenvalue weighted by Gasteiger charge is -2.13. The lowest BCUT2D eigenvalue weighted by atomic mass is 10.1. The highest BCUT2D eigenvalue weighted by atomic mass is 32.2. The second kappa shape index (κ2) is 8.92. The fourth-order valence-corrected chi connectivity index (χ4v) is 4.79. The van der Waals surface area contributed by atoms with E-state index in [4.69, 9.17) is 21.4 Å². The summed E-state index contributed by atoms with van der Waals surface area (Å²) in [5, 5.41) is 0. The molecule has 1 amide bonds. The fourth-order valence-electron chi connectivity index (χ4n) is 3.55. The van der Waals surface area contributed by atoms with Crippen LogP contribution in [-0.2, 0) is 11.3 Å². The molecule has 170 valence electrons. The summed E-state index contributed by atoms with van der Waals surface area (Å²) in [6.07, 6.45) is 4.68. The van der Waals surface area contributed by atoms with Crippen LogP contribution in [0.3, 0.4) is 0 Å². The molecule has 1 aliphatic rings.